The van der Waals surface area contributed by atoms with Crippen molar-refractivity contribution in [3.8, 4) is 0 Å². The first-order valence-corrected chi connectivity index (χ1v) is 9.28. The second-order valence-electron chi connectivity index (χ2n) is 7.38. The monoisotopic (exact) mass is 370 g/mol. The Balaban J connectivity index is 1.81. The van der Waals surface area contributed by atoms with Crippen molar-refractivity contribution in [3.63, 3.8) is 0 Å². The number of aromatic nitrogens is 2. The van der Waals surface area contributed by atoms with E-state index < -0.39 is 4.92 Å². The average Bonchev–Trinajstić information content (AvgIpc) is 2.61. The number of nitrogens with one attached hydrogen (secondary N) is 1. The molecular formula is C19H26N6O2. The van der Waals surface area contributed by atoms with Crippen LogP contribution in [0.3, 0.4) is 0 Å². The highest BCUT2D eigenvalue weighted by Crippen LogP contribution is 2.35. The minimum atomic E-state index is -0.484. The fourth-order valence-electron chi connectivity index (χ4n) is 3.73. The SMILES string of the molecule is CC1CC(C)CN(c2nc(NCCc3ccccc3)nc(N)c2[N+](=O)[O-])C1. The molecule has 144 valence electrons. The van der Waals surface area contributed by atoms with Crippen LogP contribution in [0.5, 0.6) is 0 Å². The Morgan fingerprint density at radius 3 is 2.52 bits per heavy atom. The highest BCUT2D eigenvalue weighted by Gasteiger charge is 2.31. The number of rotatable bonds is 6. The third-order valence-corrected chi connectivity index (χ3v) is 4.78. The van der Waals surface area contributed by atoms with Crippen molar-refractivity contribution >= 4 is 23.3 Å². The number of nitrogens with two attached hydrogens (primary N) is 1. The number of nitro groups is 1. The number of benzene rings is 1. The molecule has 8 heteroatoms. The fourth-order valence-corrected chi connectivity index (χ4v) is 3.73. The van der Waals surface area contributed by atoms with E-state index in [2.05, 4.69) is 41.3 Å². The van der Waals surface area contributed by atoms with Crippen LogP contribution in [0.4, 0.5) is 23.3 Å². The molecule has 1 aromatic heterocycles. The van der Waals surface area contributed by atoms with E-state index in [0.29, 0.717) is 30.1 Å². The standard InChI is InChI=1S/C19H26N6O2/c1-13-10-14(2)12-24(11-13)18-16(25(26)27)17(20)22-19(23-18)21-9-8-15-6-4-3-5-7-15/h3-7,13-14H,8-12H2,1-2H3,(H3,20,21,22,23). The maximum Gasteiger partial charge on any atom is 0.353 e. The van der Waals surface area contributed by atoms with E-state index in [0.717, 1.165) is 25.9 Å². The summed E-state index contributed by atoms with van der Waals surface area (Å²) >= 11 is 0. The van der Waals surface area contributed by atoms with Crippen molar-refractivity contribution in [2.75, 3.05) is 35.6 Å². The molecule has 2 aromatic rings. The van der Waals surface area contributed by atoms with Crippen LogP contribution in [0, 0.1) is 22.0 Å². The third kappa shape index (κ3) is 4.64. The molecule has 1 aromatic carbocycles. The topological polar surface area (TPSA) is 110 Å². The predicted octanol–water partition coefficient (Wildman–Crippen LogP) is 3.10. The third-order valence-electron chi connectivity index (χ3n) is 4.78. The van der Waals surface area contributed by atoms with Gasteiger partial charge in [0.05, 0.1) is 4.92 Å². The minimum Gasteiger partial charge on any atom is -0.378 e. The quantitative estimate of drug-likeness (QED) is 0.594. The van der Waals surface area contributed by atoms with Gasteiger partial charge in [-0.1, -0.05) is 44.2 Å². The molecule has 2 atom stereocenters. The zero-order valence-electron chi connectivity index (χ0n) is 15.8. The van der Waals surface area contributed by atoms with Gasteiger partial charge in [0.1, 0.15) is 0 Å². The maximum atomic E-state index is 11.6. The van der Waals surface area contributed by atoms with Gasteiger partial charge in [-0.05, 0) is 30.2 Å². The summed E-state index contributed by atoms with van der Waals surface area (Å²) in [6.45, 7) is 6.37. The van der Waals surface area contributed by atoms with Gasteiger partial charge in [0, 0.05) is 19.6 Å². The molecule has 27 heavy (non-hydrogen) atoms. The normalized spacial score (nSPS) is 19.7. The summed E-state index contributed by atoms with van der Waals surface area (Å²) in [5.41, 5.74) is 6.91. The molecule has 1 saturated heterocycles. The van der Waals surface area contributed by atoms with E-state index in [1.165, 1.54) is 5.56 Å². The van der Waals surface area contributed by atoms with Crippen LogP contribution in [0.15, 0.2) is 30.3 Å². The lowest BCUT2D eigenvalue weighted by molar-refractivity contribution is -0.383. The number of nitrogens with zero attached hydrogens (tertiary/aromatic N) is 4. The van der Waals surface area contributed by atoms with Crippen molar-refractivity contribution in [2.45, 2.75) is 26.7 Å². The molecule has 3 rings (SSSR count). The Labute approximate surface area is 159 Å². The predicted molar refractivity (Wildman–Crippen MR) is 107 cm³/mol. The minimum absolute atomic E-state index is 0.0990. The summed E-state index contributed by atoms with van der Waals surface area (Å²) in [5, 5.41) is 14.7. The number of hydrogen-bond acceptors (Lipinski definition) is 7. The molecule has 8 nitrogen and oxygen atoms in total. The fraction of sp³-hybridized carbons (Fsp3) is 0.474. The summed E-state index contributed by atoms with van der Waals surface area (Å²) in [7, 11) is 0. The Bertz CT molecular complexity index is 788. The second kappa shape index (κ2) is 8.20. The summed E-state index contributed by atoms with van der Waals surface area (Å²) < 4.78 is 0. The first kappa shape index (κ1) is 18.9. The molecule has 0 spiro atoms. The molecule has 1 fully saturated rings. The van der Waals surface area contributed by atoms with Gasteiger partial charge >= 0.3 is 5.69 Å². The van der Waals surface area contributed by atoms with Crippen LogP contribution >= 0.6 is 0 Å². The zero-order chi connectivity index (χ0) is 19.4. The number of nitrogen functional groups attached to an aromatic ring is 1. The largest absolute Gasteiger partial charge is 0.378 e. The molecule has 0 aliphatic carbocycles. The van der Waals surface area contributed by atoms with Gasteiger partial charge < -0.3 is 16.0 Å². The Kier molecular flexibility index (Phi) is 5.73. The Morgan fingerprint density at radius 2 is 1.89 bits per heavy atom. The Hall–Kier alpha value is -2.90. The lowest BCUT2D eigenvalue weighted by Gasteiger charge is -2.35. The van der Waals surface area contributed by atoms with E-state index in [4.69, 9.17) is 5.73 Å². The van der Waals surface area contributed by atoms with Gasteiger partial charge in [-0.25, -0.2) is 0 Å². The second-order valence-corrected chi connectivity index (χ2v) is 7.38. The van der Waals surface area contributed by atoms with Gasteiger partial charge in [0.2, 0.25) is 17.6 Å². The molecule has 3 N–H and O–H groups in total. The van der Waals surface area contributed by atoms with Crippen LogP contribution < -0.4 is 16.0 Å². The summed E-state index contributed by atoms with van der Waals surface area (Å²) in [5.74, 6) is 1.43. The molecule has 0 amide bonds. The highest BCUT2D eigenvalue weighted by atomic mass is 16.6. The number of hydrogen-bond donors (Lipinski definition) is 2. The average molecular weight is 370 g/mol. The molecule has 1 aliphatic heterocycles. The lowest BCUT2D eigenvalue weighted by Crippen LogP contribution is -2.39. The van der Waals surface area contributed by atoms with Crippen molar-refractivity contribution in [3.05, 3.63) is 46.0 Å². The zero-order valence-corrected chi connectivity index (χ0v) is 15.8. The van der Waals surface area contributed by atoms with Crippen LogP contribution in [-0.2, 0) is 6.42 Å². The molecule has 2 unspecified atom stereocenters. The van der Waals surface area contributed by atoms with Crippen LogP contribution in [0.25, 0.3) is 0 Å². The van der Waals surface area contributed by atoms with E-state index in [1.807, 2.05) is 23.1 Å². The number of piperidine rings is 1. The van der Waals surface area contributed by atoms with Crippen LogP contribution in [-0.4, -0.2) is 34.5 Å². The van der Waals surface area contributed by atoms with Crippen molar-refractivity contribution in [2.24, 2.45) is 11.8 Å². The smallest absolute Gasteiger partial charge is 0.353 e. The first-order chi connectivity index (χ1) is 12.9. The Morgan fingerprint density at radius 1 is 1.22 bits per heavy atom. The van der Waals surface area contributed by atoms with Crippen molar-refractivity contribution in [1.82, 2.24) is 9.97 Å². The molecular weight excluding hydrogens is 344 g/mol. The molecule has 0 bridgehead atoms. The lowest BCUT2D eigenvalue weighted by atomic mass is 9.92. The summed E-state index contributed by atoms with van der Waals surface area (Å²) in [4.78, 5) is 21.6. The van der Waals surface area contributed by atoms with E-state index >= 15 is 0 Å². The van der Waals surface area contributed by atoms with E-state index in [1.54, 1.807) is 0 Å². The van der Waals surface area contributed by atoms with Crippen LogP contribution in [0.2, 0.25) is 0 Å². The maximum absolute atomic E-state index is 11.6. The molecule has 0 radical (unpaired) electrons. The van der Waals surface area contributed by atoms with E-state index in [-0.39, 0.29) is 11.5 Å². The van der Waals surface area contributed by atoms with Crippen molar-refractivity contribution in [1.29, 1.82) is 0 Å². The van der Waals surface area contributed by atoms with Gasteiger partial charge in [-0.3, -0.25) is 10.1 Å². The van der Waals surface area contributed by atoms with E-state index in [9.17, 15) is 10.1 Å². The van der Waals surface area contributed by atoms with Gasteiger partial charge in [0.25, 0.3) is 0 Å². The van der Waals surface area contributed by atoms with Gasteiger partial charge in [0.15, 0.2) is 0 Å². The number of anilines is 3. The molecule has 1 aliphatic rings. The summed E-state index contributed by atoms with van der Waals surface area (Å²) in [6.07, 6.45) is 1.90. The van der Waals surface area contributed by atoms with Gasteiger partial charge in [-0.2, -0.15) is 9.97 Å². The highest BCUT2D eigenvalue weighted by molar-refractivity contribution is 5.71. The van der Waals surface area contributed by atoms with Gasteiger partial charge in [-0.15, -0.1) is 0 Å². The first-order valence-electron chi connectivity index (χ1n) is 9.28. The summed E-state index contributed by atoms with van der Waals surface area (Å²) in [6, 6.07) is 10.1. The molecule has 0 saturated carbocycles. The molecule has 2 heterocycles. The van der Waals surface area contributed by atoms with Crippen LogP contribution in [0.1, 0.15) is 25.8 Å². The van der Waals surface area contributed by atoms with Crippen molar-refractivity contribution < 1.29 is 4.92 Å².